The fourth-order valence-electron chi connectivity index (χ4n) is 1.46. The third-order valence-electron chi connectivity index (χ3n) is 2.37. The summed E-state index contributed by atoms with van der Waals surface area (Å²) < 4.78 is 33.6. The molecule has 1 aromatic heterocycles. The Balaban J connectivity index is 2.49. The van der Waals surface area contributed by atoms with Crippen molar-refractivity contribution < 1.29 is 18.3 Å². The van der Waals surface area contributed by atoms with Crippen LogP contribution in [0.25, 0.3) is 0 Å². The number of ether oxygens (including phenoxy) is 2. The van der Waals surface area contributed by atoms with E-state index in [0.717, 1.165) is 5.56 Å². The molecule has 0 saturated carbocycles. The minimum atomic E-state index is -2.45. The number of alkyl halides is 2. The van der Waals surface area contributed by atoms with Crippen molar-refractivity contribution in [1.29, 1.82) is 0 Å². The molecule has 1 unspecified atom stereocenters. The Bertz CT molecular complexity index is 353. The van der Waals surface area contributed by atoms with Crippen molar-refractivity contribution in [2.75, 3.05) is 20.3 Å². The van der Waals surface area contributed by atoms with Gasteiger partial charge in [0.05, 0.1) is 13.3 Å². The van der Waals surface area contributed by atoms with E-state index in [-0.39, 0.29) is 12.6 Å². The van der Waals surface area contributed by atoms with E-state index in [4.69, 9.17) is 15.3 Å². The Labute approximate surface area is 104 Å². The Hall–Kier alpha value is -1.31. The minimum absolute atomic E-state index is 0.191. The van der Waals surface area contributed by atoms with E-state index in [1.165, 1.54) is 7.11 Å². The van der Waals surface area contributed by atoms with Gasteiger partial charge >= 0.3 is 0 Å². The molecule has 102 valence electrons. The van der Waals surface area contributed by atoms with Gasteiger partial charge in [-0.1, -0.05) is 0 Å². The zero-order chi connectivity index (χ0) is 13.4. The molecule has 5 nitrogen and oxygen atoms in total. The van der Waals surface area contributed by atoms with Crippen LogP contribution in [-0.2, 0) is 4.74 Å². The van der Waals surface area contributed by atoms with Crippen LogP contribution in [0.4, 0.5) is 8.78 Å². The summed E-state index contributed by atoms with van der Waals surface area (Å²) >= 11 is 0. The lowest BCUT2D eigenvalue weighted by Gasteiger charge is -2.16. The molecule has 0 radical (unpaired) electrons. The number of nitrogens with zero attached hydrogens (tertiary/aromatic N) is 1. The zero-order valence-corrected chi connectivity index (χ0v) is 10.1. The molecule has 0 aliphatic rings. The fraction of sp³-hybridized carbons (Fsp3) is 0.545. The van der Waals surface area contributed by atoms with Gasteiger partial charge < -0.3 is 9.47 Å². The standard InChI is InChI=1S/C11H17F2N3O2/c1-17-9-4-8(5-15-6-9)10(16-14)2-3-18-7-11(12)13/h4-6,10-11,16H,2-3,7,14H2,1H3. The van der Waals surface area contributed by atoms with E-state index in [9.17, 15) is 8.78 Å². The molecule has 0 spiro atoms. The number of nitrogens with two attached hydrogens (primary N) is 1. The van der Waals surface area contributed by atoms with Crippen LogP contribution < -0.4 is 16.0 Å². The number of hydrogen-bond acceptors (Lipinski definition) is 5. The third kappa shape index (κ3) is 4.91. The van der Waals surface area contributed by atoms with Crippen molar-refractivity contribution in [1.82, 2.24) is 10.4 Å². The number of aromatic nitrogens is 1. The van der Waals surface area contributed by atoms with Gasteiger partial charge in [-0.15, -0.1) is 0 Å². The molecule has 1 aromatic rings. The molecule has 0 aliphatic heterocycles. The summed E-state index contributed by atoms with van der Waals surface area (Å²) in [6, 6.07) is 1.57. The maximum atomic E-state index is 11.9. The molecular formula is C11H17F2N3O2. The van der Waals surface area contributed by atoms with E-state index in [1.807, 2.05) is 0 Å². The van der Waals surface area contributed by atoms with Crippen molar-refractivity contribution in [2.45, 2.75) is 18.9 Å². The van der Waals surface area contributed by atoms with Gasteiger partial charge in [0.2, 0.25) is 0 Å². The Kier molecular flexibility index (Phi) is 6.48. The normalized spacial score (nSPS) is 12.7. The smallest absolute Gasteiger partial charge is 0.261 e. The van der Waals surface area contributed by atoms with Crippen molar-refractivity contribution in [3.8, 4) is 5.75 Å². The molecule has 0 aromatic carbocycles. The van der Waals surface area contributed by atoms with Gasteiger partial charge in [0.25, 0.3) is 6.43 Å². The van der Waals surface area contributed by atoms with E-state index in [1.54, 1.807) is 18.5 Å². The molecule has 7 heteroatoms. The first-order chi connectivity index (χ1) is 8.67. The maximum absolute atomic E-state index is 11.9. The lowest BCUT2D eigenvalue weighted by atomic mass is 10.1. The van der Waals surface area contributed by atoms with Gasteiger partial charge in [-0.05, 0) is 18.1 Å². The highest BCUT2D eigenvalue weighted by molar-refractivity contribution is 5.25. The number of pyridine rings is 1. The highest BCUT2D eigenvalue weighted by atomic mass is 19.3. The van der Waals surface area contributed by atoms with Gasteiger partial charge in [-0.3, -0.25) is 16.3 Å². The van der Waals surface area contributed by atoms with Gasteiger partial charge in [-0.25, -0.2) is 8.78 Å². The third-order valence-corrected chi connectivity index (χ3v) is 2.37. The van der Waals surface area contributed by atoms with E-state index in [2.05, 4.69) is 10.4 Å². The molecule has 0 amide bonds. The minimum Gasteiger partial charge on any atom is -0.495 e. The second-order valence-corrected chi connectivity index (χ2v) is 3.63. The zero-order valence-electron chi connectivity index (χ0n) is 10.1. The summed E-state index contributed by atoms with van der Waals surface area (Å²) in [7, 11) is 1.54. The van der Waals surface area contributed by atoms with E-state index in [0.29, 0.717) is 12.2 Å². The Morgan fingerprint density at radius 2 is 2.22 bits per heavy atom. The van der Waals surface area contributed by atoms with Crippen LogP contribution in [0.5, 0.6) is 5.75 Å². The van der Waals surface area contributed by atoms with Crippen molar-refractivity contribution in [3.63, 3.8) is 0 Å². The number of halogens is 2. The molecule has 1 atom stereocenters. The molecule has 0 aliphatic carbocycles. The number of hydrazine groups is 1. The lowest BCUT2D eigenvalue weighted by molar-refractivity contribution is 0.0143. The Morgan fingerprint density at radius 1 is 1.44 bits per heavy atom. The monoisotopic (exact) mass is 261 g/mol. The average molecular weight is 261 g/mol. The number of methoxy groups -OCH3 is 1. The largest absolute Gasteiger partial charge is 0.495 e. The first-order valence-corrected chi connectivity index (χ1v) is 5.48. The van der Waals surface area contributed by atoms with Gasteiger partial charge in [-0.2, -0.15) is 0 Å². The molecule has 1 heterocycles. The first kappa shape index (κ1) is 14.7. The summed E-state index contributed by atoms with van der Waals surface area (Å²) in [5.41, 5.74) is 3.41. The summed E-state index contributed by atoms with van der Waals surface area (Å²) in [6.07, 6.45) is 1.23. The number of nitrogens with one attached hydrogen (secondary N) is 1. The van der Waals surface area contributed by atoms with Crippen LogP contribution in [0.2, 0.25) is 0 Å². The molecule has 0 bridgehead atoms. The van der Waals surface area contributed by atoms with Crippen molar-refractivity contribution in [3.05, 3.63) is 24.0 Å². The van der Waals surface area contributed by atoms with E-state index >= 15 is 0 Å². The van der Waals surface area contributed by atoms with Crippen LogP contribution in [0.3, 0.4) is 0 Å². The second-order valence-electron chi connectivity index (χ2n) is 3.63. The quantitative estimate of drug-likeness (QED) is 0.419. The molecular weight excluding hydrogens is 244 g/mol. The van der Waals surface area contributed by atoms with Gasteiger partial charge in [0.1, 0.15) is 12.4 Å². The highest BCUT2D eigenvalue weighted by Gasteiger charge is 2.11. The predicted molar refractivity (Wildman–Crippen MR) is 62.3 cm³/mol. The highest BCUT2D eigenvalue weighted by Crippen LogP contribution is 2.19. The molecule has 3 N–H and O–H groups in total. The van der Waals surface area contributed by atoms with Gasteiger partial charge in [0.15, 0.2) is 0 Å². The summed E-state index contributed by atoms with van der Waals surface area (Å²) in [4.78, 5) is 4.00. The Morgan fingerprint density at radius 3 is 2.83 bits per heavy atom. The summed E-state index contributed by atoms with van der Waals surface area (Å²) in [5, 5.41) is 0. The predicted octanol–water partition coefficient (Wildman–Crippen LogP) is 1.27. The SMILES string of the molecule is COc1cncc(C(CCOCC(F)F)NN)c1. The number of hydrogen-bond donors (Lipinski definition) is 2. The average Bonchev–Trinajstić information content (AvgIpc) is 2.38. The lowest BCUT2D eigenvalue weighted by Crippen LogP contribution is -2.29. The molecule has 1 rings (SSSR count). The topological polar surface area (TPSA) is 69.4 Å². The number of rotatable bonds is 8. The van der Waals surface area contributed by atoms with Crippen LogP contribution in [0.15, 0.2) is 18.5 Å². The van der Waals surface area contributed by atoms with Gasteiger partial charge in [0, 0.05) is 18.8 Å². The van der Waals surface area contributed by atoms with Crippen molar-refractivity contribution >= 4 is 0 Å². The second kappa shape index (κ2) is 7.91. The maximum Gasteiger partial charge on any atom is 0.261 e. The van der Waals surface area contributed by atoms with Crippen molar-refractivity contribution in [2.24, 2.45) is 5.84 Å². The van der Waals surface area contributed by atoms with E-state index < -0.39 is 13.0 Å². The fourth-order valence-corrected chi connectivity index (χ4v) is 1.46. The first-order valence-electron chi connectivity index (χ1n) is 5.48. The summed E-state index contributed by atoms with van der Waals surface area (Å²) in [5.74, 6) is 6.03. The van der Waals surface area contributed by atoms with Crippen LogP contribution >= 0.6 is 0 Å². The molecule has 18 heavy (non-hydrogen) atoms. The van der Waals surface area contributed by atoms with Crippen LogP contribution in [0, 0.1) is 0 Å². The molecule has 0 saturated heterocycles. The van der Waals surface area contributed by atoms with Crippen LogP contribution in [0.1, 0.15) is 18.0 Å². The molecule has 0 fully saturated rings. The summed E-state index contributed by atoms with van der Waals surface area (Å²) in [6.45, 7) is -0.371. The van der Waals surface area contributed by atoms with Crippen LogP contribution in [-0.4, -0.2) is 31.7 Å².